The number of amides is 1. The third kappa shape index (κ3) is 5.13. The smallest absolute Gasteiger partial charge is 0.256 e. The fraction of sp³-hybridized carbons (Fsp3) is 0.0526. The number of carbonyl (C=O) groups excluding carboxylic acids is 1. The van der Waals surface area contributed by atoms with Crippen LogP contribution in [0.25, 0.3) is 11.3 Å². The number of halogens is 2. The first kappa shape index (κ1) is 19.9. The molecule has 1 amide bonds. The van der Waals surface area contributed by atoms with E-state index in [1.165, 1.54) is 0 Å². The van der Waals surface area contributed by atoms with Gasteiger partial charge in [0.05, 0.1) is 22.0 Å². The van der Waals surface area contributed by atoms with Crippen molar-refractivity contribution < 1.29 is 13.6 Å². The Balaban J connectivity index is 1.83. The highest BCUT2D eigenvalue weighted by atomic mass is 127. The molecule has 2 aromatic carbocycles. The zero-order chi connectivity index (χ0) is 19.4. The monoisotopic (exact) mass is 512 g/mol. The summed E-state index contributed by atoms with van der Waals surface area (Å²) >= 11 is 6.39. The van der Waals surface area contributed by atoms with Crippen LogP contribution < -0.4 is 5.32 Å². The molecule has 8 heteroatoms. The van der Waals surface area contributed by atoms with Crippen LogP contribution in [0.15, 0.2) is 60.8 Å². The molecule has 0 fully saturated rings. The van der Waals surface area contributed by atoms with Gasteiger partial charge in [-0.25, -0.2) is 4.21 Å². The lowest BCUT2D eigenvalue weighted by molar-refractivity contribution is 0.102. The number of hydrogen-bond acceptors (Lipinski definition) is 3. The van der Waals surface area contributed by atoms with E-state index in [9.17, 15) is 9.00 Å². The van der Waals surface area contributed by atoms with Crippen LogP contribution in [0, 0.1) is 3.57 Å². The van der Waals surface area contributed by atoms with Crippen molar-refractivity contribution in [1.29, 1.82) is 0 Å². The molecule has 3 rings (SSSR count). The number of hydrogen-bond donors (Lipinski definition) is 2. The van der Waals surface area contributed by atoms with Crippen molar-refractivity contribution >= 4 is 56.9 Å². The fourth-order valence-electron chi connectivity index (χ4n) is 2.49. The average Bonchev–Trinajstić information content (AvgIpc) is 2.63. The molecule has 0 bridgehead atoms. The van der Waals surface area contributed by atoms with Gasteiger partial charge in [-0.15, -0.1) is 0 Å². The standard InChI is InChI=1S/C19H14ClIN2O3S/c20-16-7-5-13(10-15(16)18-3-1-2-8-22-18)23-19(24)14-6-4-12(9-17(14)21)11-27(25)26/h1-10H,11H2,(H,23,24)(H,25,26). The first-order valence-corrected chi connectivity index (χ1v) is 10.6. The summed E-state index contributed by atoms with van der Waals surface area (Å²) in [6.07, 6.45) is 1.68. The highest BCUT2D eigenvalue weighted by molar-refractivity contribution is 14.1. The summed E-state index contributed by atoms with van der Waals surface area (Å²) < 4.78 is 20.6. The van der Waals surface area contributed by atoms with E-state index in [4.69, 9.17) is 16.2 Å². The molecular formula is C19H14ClIN2O3S. The Hall–Kier alpha value is -1.81. The molecule has 0 spiro atoms. The summed E-state index contributed by atoms with van der Waals surface area (Å²) in [5.41, 5.74) is 3.22. The van der Waals surface area contributed by atoms with Gasteiger partial charge in [-0.2, -0.15) is 0 Å². The normalized spacial score (nSPS) is 11.8. The number of rotatable bonds is 5. The molecule has 3 aromatic rings. The van der Waals surface area contributed by atoms with E-state index in [0.29, 0.717) is 25.4 Å². The number of nitrogens with zero attached hydrogens (tertiary/aromatic N) is 1. The molecule has 0 aliphatic rings. The maximum absolute atomic E-state index is 12.6. The minimum Gasteiger partial charge on any atom is -0.322 e. The summed E-state index contributed by atoms with van der Waals surface area (Å²) in [6.45, 7) is 0. The Kier molecular flexibility index (Phi) is 6.59. The number of pyridine rings is 1. The molecular weight excluding hydrogens is 499 g/mol. The van der Waals surface area contributed by atoms with Crippen LogP contribution in [0.2, 0.25) is 5.02 Å². The SMILES string of the molecule is O=C(Nc1ccc(Cl)c(-c2ccccn2)c1)c1ccc(CS(=O)O)cc1I. The lowest BCUT2D eigenvalue weighted by Gasteiger charge is -2.11. The summed E-state index contributed by atoms with van der Waals surface area (Å²) in [5, 5.41) is 3.40. The Morgan fingerprint density at radius 1 is 1.19 bits per heavy atom. The van der Waals surface area contributed by atoms with Crippen molar-refractivity contribution in [2.45, 2.75) is 5.75 Å². The van der Waals surface area contributed by atoms with Crippen LogP contribution >= 0.6 is 34.2 Å². The Labute approximate surface area is 177 Å². The zero-order valence-electron chi connectivity index (χ0n) is 13.9. The predicted molar refractivity (Wildman–Crippen MR) is 116 cm³/mol. The van der Waals surface area contributed by atoms with E-state index in [1.807, 2.05) is 40.8 Å². The van der Waals surface area contributed by atoms with Crippen LogP contribution in [0.4, 0.5) is 5.69 Å². The molecule has 0 saturated heterocycles. The van der Waals surface area contributed by atoms with Gasteiger partial charge in [-0.1, -0.05) is 23.7 Å². The van der Waals surface area contributed by atoms with Crippen molar-refractivity contribution in [3.63, 3.8) is 0 Å². The maximum atomic E-state index is 12.6. The van der Waals surface area contributed by atoms with Gasteiger partial charge >= 0.3 is 0 Å². The second kappa shape index (κ2) is 8.92. The van der Waals surface area contributed by atoms with Crippen molar-refractivity contribution in [2.24, 2.45) is 0 Å². The van der Waals surface area contributed by atoms with Crippen LogP contribution in [0.5, 0.6) is 0 Å². The van der Waals surface area contributed by atoms with E-state index < -0.39 is 11.1 Å². The Morgan fingerprint density at radius 3 is 2.67 bits per heavy atom. The van der Waals surface area contributed by atoms with E-state index in [1.54, 1.807) is 42.6 Å². The van der Waals surface area contributed by atoms with E-state index >= 15 is 0 Å². The molecule has 1 aromatic heterocycles. The molecule has 0 aliphatic carbocycles. The molecule has 138 valence electrons. The number of carbonyl (C=O) groups is 1. The van der Waals surface area contributed by atoms with E-state index in [-0.39, 0.29) is 11.7 Å². The number of anilines is 1. The second-order valence-electron chi connectivity index (χ2n) is 5.64. The van der Waals surface area contributed by atoms with Crippen molar-refractivity contribution in [3.8, 4) is 11.3 Å². The summed E-state index contributed by atoms with van der Waals surface area (Å²) in [6, 6.07) is 15.8. The third-order valence-corrected chi connectivity index (χ3v) is 5.54. The highest BCUT2D eigenvalue weighted by Crippen LogP contribution is 2.29. The zero-order valence-corrected chi connectivity index (χ0v) is 17.6. The van der Waals surface area contributed by atoms with Gasteiger partial charge in [0.2, 0.25) is 0 Å². The summed E-state index contributed by atoms with van der Waals surface area (Å²) in [5.74, 6) is -0.243. The molecule has 0 radical (unpaired) electrons. The third-order valence-electron chi connectivity index (χ3n) is 3.73. The molecule has 27 heavy (non-hydrogen) atoms. The largest absolute Gasteiger partial charge is 0.322 e. The fourth-order valence-corrected chi connectivity index (χ4v) is 4.00. The van der Waals surface area contributed by atoms with E-state index in [2.05, 4.69) is 10.3 Å². The topological polar surface area (TPSA) is 79.3 Å². The minimum atomic E-state index is -1.92. The lowest BCUT2D eigenvalue weighted by Crippen LogP contribution is -2.14. The van der Waals surface area contributed by atoms with Crippen molar-refractivity contribution in [3.05, 3.63) is 80.5 Å². The molecule has 0 aliphatic heterocycles. The number of benzene rings is 2. The molecule has 1 heterocycles. The van der Waals surface area contributed by atoms with Gasteiger partial charge in [-0.3, -0.25) is 9.78 Å². The lowest BCUT2D eigenvalue weighted by atomic mass is 10.1. The first-order chi connectivity index (χ1) is 12.9. The maximum Gasteiger partial charge on any atom is 0.256 e. The van der Waals surface area contributed by atoms with Crippen molar-refractivity contribution in [2.75, 3.05) is 5.32 Å². The summed E-state index contributed by atoms with van der Waals surface area (Å²) in [7, 11) is 0. The molecule has 1 unspecified atom stereocenters. The Morgan fingerprint density at radius 2 is 2.00 bits per heavy atom. The molecule has 2 N–H and O–H groups in total. The van der Waals surface area contributed by atoms with Crippen LogP contribution in [0.1, 0.15) is 15.9 Å². The molecule has 5 nitrogen and oxygen atoms in total. The van der Waals surface area contributed by atoms with Gasteiger partial charge in [0, 0.05) is 21.0 Å². The van der Waals surface area contributed by atoms with Crippen LogP contribution in [0.3, 0.4) is 0 Å². The van der Waals surface area contributed by atoms with E-state index in [0.717, 1.165) is 11.3 Å². The van der Waals surface area contributed by atoms with Gasteiger partial charge in [-0.05, 0) is 70.6 Å². The predicted octanol–water partition coefficient (Wildman–Crippen LogP) is 4.98. The second-order valence-corrected chi connectivity index (χ2v) is 8.14. The quantitative estimate of drug-likeness (QED) is 0.373. The van der Waals surface area contributed by atoms with Gasteiger partial charge in [0.25, 0.3) is 5.91 Å². The number of nitrogens with one attached hydrogen (secondary N) is 1. The van der Waals surface area contributed by atoms with Gasteiger partial charge < -0.3 is 9.87 Å². The average molecular weight is 513 g/mol. The first-order valence-electron chi connectivity index (χ1n) is 7.82. The molecule has 1 atom stereocenters. The van der Waals surface area contributed by atoms with Crippen molar-refractivity contribution in [1.82, 2.24) is 4.98 Å². The van der Waals surface area contributed by atoms with Crippen LogP contribution in [-0.4, -0.2) is 19.7 Å². The van der Waals surface area contributed by atoms with Gasteiger partial charge in [0.1, 0.15) is 0 Å². The number of aromatic nitrogens is 1. The van der Waals surface area contributed by atoms with Gasteiger partial charge in [0.15, 0.2) is 11.1 Å². The minimum absolute atomic E-state index is 0.0303. The Bertz CT molecular complexity index is 1020. The summed E-state index contributed by atoms with van der Waals surface area (Å²) in [4.78, 5) is 16.9. The molecule has 0 saturated carbocycles. The van der Waals surface area contributed by atoms with Crippen LogP contribution in [-0.2, 0) is 16.8 Å². The highest BCUT2D eigenvalue weighted by Gasteiger charge is 2.13.